The van der Waals surface area contributed by atoms with Crippen LogP contribution in [0.3, 0.4) is 0 Å². The molecule has 2 rings (SSSR count). The van der Waals surface area contributed by atoms with Crippen molar-refractivity contribution in [1.29, 1.82) is 0 Å². The van der Waals surface area contributed by atoms with E-state index in [2.05, 4.69) is 41.4 Å². The van der Waals surface area contributed by atoms with Crippen molar-refractivity contribution < 1.29 is 4.74 Å². The van der Waals surface area contributed by atoms with Crippen molar-refractivity contribution in [2.24, 2.45) is 12.0 Å². The van der Waals surface area contributed by atoms with Crippen molar-refractivity contribution in [3.63, 3.8) is 0 Å². The number of hydrogen-bond donors (Lipinski definition) is 2. The normalized spacial score (nSPS) is 17.1. The van der Waals surface area contributed by atoms with Crippen LogP contribution in [0.5, 0.6) is 0 Å². The summed E-state index contributed by atoms with van der Waals surface area (Å²) in [6.07, 6.45) is 0. The Balaban J connectivity index is 0.00000312. The van der Waals surface area contributed by atoms with E-state index >= 15 is 0 Å². The highest BCUT2D eigenvalue weighted by Gasteiger charge is 2.17. The summed E-state index contributed by atoms with van der Waals surface area (Å²) in [5, 5.41) is 11.2. The van der Waals surface area contributed by atoms with Crippen LogP contribution in [0.2, 0.25) is 0 Å². The largest absolute Gasteiger partial charge is 0.379 e. The first-order chi connectivity index (χ1) is 11.5. The lowest BCUT2D eigenvalue weighted by Gasteiger charge is -2.32. The van der Waals surface area contributed by atoms with Crippen molar-refractivity contribution in [3.8, 4) is 0 Å². The number of nitrogens with zero attached hydrogens (tertiary/aromatic N) is 4. The minimum Gasteiger partial charge on any atom is -0.379 e. The van der Waals surface area contributed by atoms with Crippen LogP contribution in [0.25, 0.3) is 0 Å². The number of aromatic nitrogens is 2. The lowest BCUT2D eigenvalue weighted by molar-refractivity contribution is 0.0211. The van der Waals surface area contributed by atoms with Gasteiger partial charge in [-0.25, -0.2) is 4.99 Å². The standard InChI is InChI=1S/C17H32N6O.HI/c1-6-18-17(19-11-13(2)23-7-9-24-10-8-23)20-12-16-14(3)21-22(5)15(16)4;/h13H,6-12H2,1-5H3,(H2,18,19,20);1H. The van der Waals surface area contributed by atoms with Gasteiger partial charge in [0, 0.05) is 50.5 Å². The Morgan fingerprint density at radius 2 is 1.96 bits per heavy atom. The van der Waals surface area contributed by atoms with Crippen LogP contribution in [0.1, 0.15) is 30.8 Å². The van der Waals surface area contributed by atoms with Gasteiger partial charge in [0.05, 0.1) is 25.5 Å². The first-order valence-corrected chi connectivity index (χ1v) is 8.86. The first kappa shape index (κ1) is 22.2. The molecule has 1 aliphatic rings. The number of rotatable bonds is 6. The maximum atomic E-state index is 5.42. The highest BCUT2D eigenvalue weighted by molar-refractivity contribution is 14.0. The molecule has 144 valence electrons. The van der Waals surface area contributed by atoms with Crippen LogP contribution in [0.4, 0.5) is 0 Å². The maximum Gasteiger partial charge on any atom is 0.191 e. The van der Waals surface area contributed by atoms with E-state index in [1.165, 1.54) is 11.3 Å². The zero-order valence-electron chi connectivity index (χ0n) is 16.1. The van der Waals surface area contributed by atoms with Crippen LogP contribution >= 0.6 is 24.0 Å². The second kappa shape index (κ2) is 11.0. The summed E-state index contributed by atoms with van der Waals surface area (Å²) in [5.74, 6) is 0.861. The van der Waals surface area contributed by atoms with Crippen molar-refractivity contribution in [2.75, 3.05) is 39.4 Å². The minimum absolute atomic E-state index is 0. The molecule has 2 heterocycles. The molecule has 7 nitrogen and oxygen atoms in total. The summed E-state index contributed by atoms with van der Waals surface area (Å²) in [7, 11) is 1.98. The van der Waals surface area contributed by atoms with E-state index in [1.807, 2.05) is 18.7 Å². The Kier molecular flexibility index (Phi) is 9.73. The Morgan fingerprint density at radius 1 is 1.28 bits per heavy atom. The van der Waals surface area contributed by atoms with Gasteiger partial charge >= 0.3 is 0 Å². The number of hydrogen-bond acceptors (Lipinski definition) is 4. The molecule has 0 aromatic carbocycles. The predicted octanol–water partition coefficient (Wildman–Crippen LogP) is 1.43. The minimum atomic E-state index is 0. The van der Waals surface area contributed by atoms with Gasteiger partial charge in [-0.05, 0) is 27.7 Å². The summed E-state index contributed by atoms with van der Waals surface area (Å²) in [4.78, 5) is 7.19. The zero-order chi connectivity index (χ0) is 17.5. The number of guanidine groups is 1. The summed E-state index contributed by atoms with van der Waals surface area (Å²) in [6.45, 7) is 14.5. The molecule has 0 bridgehead atoms. The Bertz CT molecular complexity index is 554. The third-order valence-corrected chi connectivity index (χ3v) is 4.63. The maximum absolute atomic E-state index is 5.42. The molecule has 1 fully saturated rings. The van der Waals surface area contributed by atoms with Gasteiger partial charge in [0.1, 0.15) is 0 Å². The van der Waals surface area contributed by atoms with E-state index in [0.717, 1.165) is 51.0 Å². The van der Waals surface area contributed by atoms with Crippen molar-refractivity contribution in [2.45, 2.75) is 40.3 Å². The van der Waals surface area contributed by atoms with Gasteiger partial charge in [0.2, 0.25) is 0 Å². The van der Waals surface area contributed by atoms with Gasteiger partial charge in [-0.1, -0.05) is 0 Å². The number of aryl methyl sites for hydroxylation is 2. The molecule has 0 spiro atoms. The third kappa shape index (κ3) is 6.41. The average molecular weight is 464 g/mol. The highest BCUT2D eigenvalue weighted by Crippen LogP contribution is 2.12. The van der Waals surface area contributed by atoms with E-state index in [0.29, 0.717) is 12.6 Å². The smallest absolute Gasteiger partial charge is 0.191 e. The second-order valence-electron chi connectivity index (χ2n) is 6.35. The molecule has 0 amide bonds. The quantitative estimate of drug-likeness (QED) is 0.379. The molecule has 0 saturated carbocycles. The topological polar surface area (TPSA) is 66.7 Å². The molecule has 2 N–H and O–H groups in total. The van der Waals surface area contributed by atoms with Crippen LogP contribution in [0.15, 0.2) is 4.99 Å². The van der Waals surface area contributed by atoms with Crippen LogP contribution in [-0.2, 0) is 18.3 Å². The first-order valence-electron chi connectivity index (χ1n) is 8.86. The molecule has 1 aromatic heterocycles. The van der Waals surface area contributed by atoms with Gasteiger partial charge in [-0.15, -0.1) is 24.0 Å². The Hall–Kier alpha value is -0.870. The fourth-order valence-corrected chi connectivity index (χ4v) is 2.94. The number of halogens is 1. The molecule has 1 atom stereocenters. The molecule has 25 heavy (non-hydrogen) atoms. The van der Waals surface area contributed by atoms with Gasteiger partial charge in [0.15, 0.2) is 5.96 Å². The number of nitrogens with one attached hydrogen (secondary N) is 2. The molecular formula is C17H33IN6O. The van der Waals surface area contributed by atoms with Gasteiger partial charge in [-0.3, -0.25) is 9.58 Å². The Morgan fingerprint density at radius 3 is 2.52 bits per heavy atom. The fourth-order valence-electron chi connectivity index (χ4n) is 2.94. The van der Waals surface area contributed by atoms with Gasteiger partial charge in [0.25, 0.3) is 0 Å². The van der Waals surface area contributed by atoms with Crippen molar-refractivity contribution in [3.05, 3.63) is 17.0 Å². The second-order valence-corrected chi connectivity index (χ2v) is 6.35. The molecular weight excluding hydrogens is 431 g/mol. The summed E-state index contributed by atoms with van der Waals surface area (Å²) in [5.41, 5.74) is 3.43. The fraction of sp³-hybridized carbons (Fsp3) is 0.765. The van der Waals surface area contributed by atoms with Crippen LogP contribution in [0, 0.1) is 13.8 Å². The van der Waals surface area contributed by atoms with E-state index < -0.39 is 0 Å². The lowest BCUT2D eigenvalue weighted by Crippen LogP contribution is -2.49. The SMILES string of the molecule is CCNC(=NCc1c(C)nn(C)c1C)NCC(C)N1CCOCC1.I. The predicted molar refractivity (Wildman–Crippen MR) is 113 cm³/mol. The molecule has 1 aromatic rings. The van der Waals surface area contributed by atoms with E-state index in [-0.39, 0.29) is 24.0 Å². The van der Waals surface area contributed by atoms with E-state index in [1.54, 1.807) is 0 Å². The molecule has 1 aliphatic heterocycles. The molecule has 1 saturated heterocycles. The van der Waals surface area contributed by atoms with E-state index in [9.17, 15) is 0 Å². The van der Waals surface area contributed by atoms with Gasteiger partial charge in [-0.2, -0.15) is 5.10 Å². The average Bonchev–Trinajstić information content (AvgIpc) is 2.83. The van der Waals surface area contributed by atoms with Crippen LogP contribution in [-0.4, -0.2) is 66.1 Å². The highest BCUT2D eigenvalue weighted by atomic mass is 127. The van der Waals surface area contributed by atoms with E-state index in [4.69, 9.17) is 9.73 Å². The number of morpholine rings is 1. The molecule has 1 unspecified atom stereocenters. The summed E-state index contributed by atoms with van der Waals surface area (Å²) >= 11 is 0. The van der Waals surface area contributed by atoms with Gasteiger partial charge < -0.3 is 15.4 Å². The van der Waals surface area contributed by atoms with Crippen LogP contribution < -0.4 is 10.6 Å². The van der Waals surface area contributed by atoms with Crippen molar-refractivity contribution >= 4 is 29.9 Å². The lowest BCUT2D eigenvalue weighted by atomic mass is 10.2. The zero-order valence-corrected chi connectivity index (χ0v) is 18.5. The molecule has 0 radical (unpaired) electrons. The Labute approximate surface area is 168 Å². The monoisotopic (exact) mass is 464 g/mol. The summed E-state index contributed by atoms with van der Waals surface area (Å²) < 4.78 is 7.34. The third-order valence-electron chi connectivity index (χ3n) is 4.63. The number of ether oxygens (including phenoxy) is 1. The number of aliphatic imine (C=N–C) groups is 1. The summed E-state index contributed by atoms with van der Waals surface area (Å²) in [6, 6.07) is 0.458. The molecule has 0 aliphatic carbocycles. The molecule has 8 heteroatoms. The van der Waals surface area contributed by atoms with Crippen molar-refractivity contribution in [1.82, 2.24) is 25.3 Å².